The SMILES string of the molecule is COC(=O)C(=NOC(C)(C)C)c1ccccc1. The van der Waals surface area contributed by atoms with Crippen LogP contribution in [0, 0.1) is 0 Å². The van der Waals surface area contributed by atoms with Crippen molar-refractivity contribution in [3.05, 3.63) is 35.9 Å². The molecular weight excluding hydrogens is 218 g/mol. The van der Waals surface area contributed by atoms with Crippen molar-refractivity contribution < 1.29 is 14.4 Å². The van der Waals surface area contributed by atoms with Crippen molar-refractivity contribution in [1.82, 2.24) is 0 Å². The molecule has 0 radical (unpaired) electrons. The Hall–Kier alpha value is -1.84. The summed E-state index contributed by atoms with van der Waals surface area (Å²) in [7, 11) is 1.32. The lowest BCUT2D eigenvalue weighted by molar-refractivity contribution is -0.133. The van der Waals surface area contributed by atoms with E-state index in [2.05, 4.69) is 9.89 Å². The molecule has 1 aromatic rings. The summed E-state index contributed by atoms with van der Waals surface area (Å²) < 4.78 is 4.68. The topological polar surface area (TPSA) is 47.9 Å². The zero-order chi connectivity index (χ0) is 12.9. The fraction of sp³-hybridized carbons (Fsp3) is 0.385. The number of oxime groups is 1. The maximum Gasteiger partial charge on any atom is 0.360 e. The highest BCUT2D eigenvalue weighted by molar-refractivity contribution is 6.43. The molecule has 1 rings (SSSR count). The predicted molar refractivity (Wildman–Crippen MR) is 65.8 cm³/mol. The first-order valence-corrected chi connectivity index (χ1v) is 5.34. The molecule has 0 spiro atoms. The molecule has 1 aromatic carbocycles. The molecule has 0 aliphatic heterocycles. The van der Waals surface area contributed by atoms with Crippen molar-refractivity contribution in [3.8, 4) is 0 Å². The van der Waals surface area contributed by atoms with Gasteiger partial charge in [0.05, 0.1) is 7.11 Å². The fourth-order valence-electron chi connectivity index (χ4n) is 1.08. The minimum atomic E-state index is -0.513. The molecule has 0 aliphatic carbocycles. The van der Waals surface area contributed by atoms with Gasteiger partial charge < -0.3 is 9.57 Å². The van der Waals surface area contributed by atoms with Gasteiger partial charge in [0.1, 0.15) is 5.60 Å². The van der Waals surface area contributed by atoms with Crippen molar-refractivity contribution in [2.75, 3.05) is 7.11 Å². The number of carbonyl (C=O) groups is 1. The van der Waals surface area contributed by atoms with Gasteiger partial charge in [0, 0.05) is 5.56 Å². The smallest absolute Gasteiger partial charge is 0.360 e. The summed E-state index contributed by atoms with van der Waals surface area (Å²) >= 11 is 0. The molecule has 0 heterocycles. The summed E-state index contributed by atoms with van der Waals surface area (Å²) in [5, 5.41) is 3.88. The molecule has 4 nitrogen and oxygen atoms in total. The first-order valence-electron chi connectivity index (χ1n) is 5.34. The molecular formula is C13H17NO3. The van der Waals surface area contributed by atoms with Crippen LogP contribution in [0.25, 0.3) is 0 Å². The van der Waals surface area contributed by atoms with Crippen molar-refractivity contribution in [1.29, 1.82) is 0 Å². The van der Waals surface area contributed by atoms with Gasteiger partial charge >= 0.3 is 5.97 Å². The normalized spacial score (nSPS) is 12.1. The average Bonchev–Trinajstić information content (AvgIpc) is 2.29. The first-order chi connectivity index (χ1) is 7.94. The third-order valence-corrected chi connectivity index (χ3v) is 1.84. The highest BCUT2D eigenvalue weighted by Gasteiger charge is 2.18. The third kappa shape index (κ3) is 4.26. The lowest BCUT2D eigenvalue weighted by Gasteiger charge is -2.16. The Bertz CT molecular complexity index is 404. The number of esters is 1. The van der Waals surface area contributed by atoms with E-state index in [1.807, 2.05) is 39.0 Å². The molecule has 0 fully saturated rings. The number of rotatable bonds is 3. The predicted octanol–water partition coefficient (Wildman–Crippen LogP) is 2.38. The number of methoxy groups -OCH3 is 1. The van der Waals surface area contributed by atoms with Gasteiger partial charge in [-0.1, -0.05) is 35.5 Å². The number of hydrogen-bond acceptors (Lipinski definition) is 4. The van der Waals surface area contributed by atoms with Crippen molar-refractivity contribution in [3.63, 3.8) is 0 Å². The molecule has 92 valence electrons. The number of nitrogens with zero attached hydrogens (tertiary/aromatic N) is 1. The van der Waals surface area contributed by atoms with Gasteiger partial charge in [-0.25, -0.2) is 4.79 Å². The molecule has 4 heteroatoms. The van der Waals surface area contributed by atoms with Gasteiger partial charge in [-0.2, -0.15) is 0 Å². The monoisotopic (exact) mass is 235 g/mol. The maximum atomic E-state index is 11.6. The van der Waals surface area contributed by atoms with Crippen LogP contribution in [0.15, 0.2) is 35.5 Å². The largest absolute Gasteiger partial charge is 0.464 e. The van der Waals surface area contributed by atoms with Crippen LogP contribution < -0.4 is 0 Å². The highest BCUT2D eigenvalue weighted by atomic mass is 16.6. The van der Waals surface area contributed by atoms with Crippen LogP contribution in [0.4, 0.5) is 0 Å². The highest BCUT2D eigenvalue weighted by Crippen LogP contribution is 2.10. The molecule has 0 N–H and O–H groups in total. The van der Waals surface area contributed by atoms with Crippen molar-refractivity contribution in [2.24, 2.45) is 5.16 Å². The van der Waals surface area contributed by atoms with Crippen LogP contribution in [0.2, 0.25) is 0 Å². The van der Waals surface area contributed by atoms with E-state index in [-0.39, 0.29) is 5.71 Å². The molecule has 0 saturated carbocycles. The molecule has 17 heavy (non-hydrogen) atoms. The van der Waals surface area contributed by atoms with Crippen LogP contribution in [-0.2, 0) is 14.4 Å². The lowest BCUT2D eigenvalue weighted by Crippen LogP contribution is -2.22. The molecule has 0 aromatic heterocycles. The van der Waals surface area contributed by atoms with Crippen molar-refractivity contribution in [2.45, 2.75) is 26.4 Å². The Morgan fingerprint density at radius 1 is 1.18 bits per heavy atom. The molecule has 0 amide bonds. The minimum absolute atomic E-state index is 0.169. The average molecular weight is 235 g/mol. The van der Waals surface area contributed by atoms with Crippen LogP contribution in [0.5, 0.6) is 0 Å². The van der Waals surface area contributed by atoms with E-state index < -0.39 is 11.6 Å². The zero-order valence-corrected chi connectivity index (χ0v) is 10.6. The summed E-state index contributed by atoms with van der Waals surface area (Å²) in [6, 6.07) is 9.07. The molecule has 0 aliphatic rings. The van der Waals surface area contributed by atoms with Crippen LogP contribution >= 0.6 is 0 Å². The Labute approximate surface area is 101 Å². The van der Waals surface area contributed by atoms with E-state index in [0.29, 0.717) is 5.56 Å². The Morgan fingerprint density at radius 2 is 1.76 bits per heavy atom. The minimum Gasteiger partial charge on any atom is -0.464 e. The van der Waals surface area contributed by atoms with E-state index in [9.17, 15) is 4.79 Å². The quantitative estimate of drug-likeness (QED) is 0.459. The molecule has 0 bridgehead atoms. The number of ether oxygens (including phenoxy) is 1. The van der Waals surface area contributed by atoms with Crippen LogP contribution in [0.1, 0.15) is 26.3 Å². The van der Waals surface area contributed by atoms with Gasteiger partial charge in [0.2, 0.25) is 0 Å². The second-order valence-corrected chi connectivity index (χ2v) is 4.50. The van der Waals surface area contributed by atoms with Gasteiger partial charge in [0.25, 0.3) is 0 Å². The molecule has 0 saturated heterocycles. The summed E-state index contributed by atoms with van der Waals surface area (Å²) in [5.74, 6) is -0.513. The first kappa shape index (κ1) is 13.2. The van der Waals surface area contributed by atoms with E-state index >= 15 is 0 Å². The fourth-order valence-corrected chi connectivity index (χ4v) is 1.08. The van der Waals surface area contributed by atoms with Gasteiger partial charge in [0.15, 0.2) is 5.71 Å². The Morgan fingerprint density at radius 3 is 2.24 bits per heavy atom. The summed E-state index contributed by atoms with van der Waals surface area (Å²) in [4.78, 5) is 16.9. The zero-order valence-electron chi connectivity index (χ0n) is 10.6. The van der Waals surface area contributed by atoms with Gasteiger partial charge in [-0.15, -0.1) is 0 Å². The second-order valence-electron chi connectivity index (χ2n) is 4.50. The van der Waals surface area contributed by atoms with E-state index in [1.54, 1.807) is 12.1 Å². The van der Waals surface area contributed by atoms with Gasteiger partial charge in [-0.3, -0.25) is 0 Å². The van der Waals surface area contributed by atoms with E-state index in [1.165, 1.54) is 7.11 Å². The van der Waals surface area contributed by atoms with Gasteiger partial charge in [-0.05, 0) is 20.8 Å². The number of carbonyl (C=O) groups excluding carboxylic acids is 1. The third-order valence-electron chi connectivity index (χ3n) is 1.84. The lowest BCUT2D eigenvalue weighted by atomic mass is 10.1. The van der Waals surface area contributed by atoms with Crippen molar-refractivity contribution >= 4 is 11.7 Å². The molecule has 0 atom stereocenters. The summed E-state index contributed by atoms with van der Waals surface area (Å²) in [6.07, 6.45) is 0. The van der Waals surface area contributed by atoms with Crippen LogP contribution in [0.3, 0.4) is 0 Å². The standard InChI is InChI=1S/C13H17NO3/c1-13(2,3)17-14-11(12(15)16-4)10-8-6-5-7-9-10/h5-9H,1-4H3. The summed E-state index contributed by atoms with van der Waals surface area (Å²) in [6.45, 7) is 5.57. The van der Waals surface area contributed by atoms with Crippen LogP contribution in [-0.4, -0.2) is 24.4 Å². The Balaban J connectivity index is 3.01. The van der Waals surface area contributed by atoms with E-state index in [4.69, 9.17) is 4.84 Å². The summed E-state index contributed by atoms with van der Waals surface area (Å²) in [5.41, 5.74) is 0.389. The second kappa shape index (κ2) is 5.48. The van der Waals surface area contributed by atoms with E-state index in [0.717, 1.165) is 0 Å². The number of benzene rings is 1. The Kier molecular flexibility index (Phi) is 4.26. The maximum absolute atomic E-state index is 11.6. The number of hydrogen-bond donors (Lipinski definition) is 0. The molecule has 0 unspecified atom stereocenters.